The lowest BCUT2D eigenvalue weighted by Crippen LogP contribution is -2.26. The third-order valence-corrected chi connectivity index (χ3v) is 4.04. The highest BCUT2D eigenvalue weighted by Crippen LogP contribution is 2.15. The molecule has 4 rings (SSSR count). The second-order valence-electron chi connectivity index (χ2n) is 6.07. The fourth-order valence-corrected chi connectivity index (χ4v) is 2.71. The first kappa shape index (κ1) is 19.5. The molecule has 2 aromatic carbocycles. The lowest BCUT2D eigenvalue weighted by atomic mass is 10.2. The Morgan fingerprint density at radius 1 is 1.00 bits per heavy atom. The Kier molecular flexibility index (Phi) is 6.77. The maximum atomic E-state index is 11.5. The zero-order valence-corrected chi connectivity index (χ0v) is 15.1. The molecule has 1 aliphatic rings. The van der Waals surface area contributed by atoms with Gasteiger partial charge in [-0.05, 0) is 19.9 Å². The number of fused-ring (bicyclic) bond motifs is 1. The third-order valence-electron chi connectivity index (χ3n) is 4.04. The average Bonchev–Trinajstić information content (AvgIpc) is 3.01. The first-order valence-electron chi connectivity index (χ1n) is 8.36. The van der Waals surface area contributed by atoms with Gasteiger partial charge in [0.1, 0.15) is 5.82 Å². The van der Waals surface area contributed by atoms with Crippen LogP contribution in [0.15, 0.2) is 54.6 Å². The van der Waals surface area contributed by atoms with E-state index >= 15 is 0 Å². The van der Waals surface area contributed by atoms with Gasteiger partial charge in [-0.3, -0.25) is 10.1 Å². The van der Waals surface area contributed by atoms with Crippen molar-refractivity contribution in [2.75, 3.05) is 13.2 Å². The number of nitrogens with one attached hydrogen (secondary N) is 1. The highest BCUT2D eigenvalue weighted by Gasteiger charge is 2.20. The van der Waals surface area contributed by atoms with E-state index in [2.05, 4.69) is 34.3 Å². The molecule has 1 fully saturated rings. The standard InChI is InChI=1S/C13H14N4O.C7H8.H2O/c1-9-10-4-2-3-5-11(10)16-12(15-9)7-17-8-14-6-13(17)18;1-7-5-3-2-4-6-7;/h2-5,14H,6-8H2,1H3;2-6H,1H3;1H2. The van der Waals surface area contributed by atoms with Gasteiger partial charge in [-0.15, -0.1) is 0 Å². The van der Waals surface area contributed by atoms with Crippen LogP contribution in [-0.2, 0) is 11.3 Å². The van der Waals surface area contributed by atoms with E-state index in [9.17, 15) is 4.79 Å². The van der Waals surface area contributed by atoms with Crippen molar-refractivity contribution in [2.45, 2.75) is 20.4 Å². The molecule has 136 valence electrons. The lowest BCUT2D eigenvalue weighted by Gasteiger charge is -2.14. The molecular weight excluding hydrogens is 328 g/mol. The van der Waals surface area contributed by atoms with Crippen LogP contribution >= 0.6 is 0 Å². The molecule has 3 aromatic rings. The molecule has 0 radical (unpaired) electrons. The van der Waals surface area contributed by atoms with Crippen molar-refractivity contribution in [3.8, 4) is 0 Å². The Balaban J connectivity index is 0.000000258. The topological polar surface area (TPSA) is 89.6 Å². The van der Waals surface area contributed by atoms with Gasteiger partial charge in [0.05, 0.1) is 25.3 Å². The van der Waals surface area contributed by atoms with Gasteiger partial charge in [-0.1, -0.05) is 54.1 Å². The molecule has 1 saturated heterocycles. The molecule has 0 atom stereocenters. The van der Waals surface area contributed by atoms with Crippen molar-refractivity contribution in [1.82, 2.24) is 20.2 Å². The number of benzene rings is 2. The minimum atomic E-state index is 0. The number of carbonyl (C=O) groups excluding carboxylic acids is 1. The fraction of sp³-hybridized carbons (Fsp3) is 0.250. The van der Waals surface area contributed by atoms with Gasteiger partial charge >= 0.3 is 0 Å². The van der Waals surface area contributed by atoms with Crippen molar-refractivity contribution in [3.63, 3.8) is 0 Å². The molecule has 1 aliphatic heterocycles. The van der Waals surface area contributed by atoms with E-state index in [1.165, 1.54) is 5.56 Å². The van der Waals surface area contributed by atoms with Gasteiger partial charge in [-0.25, -0.2) is 9.97 Å². The van der Waals surface area contributed by atoms with E-state index in [-0.39, 0.29) is 11.4 Å². The van der Waals surface area contributed by atoms with Crippen LogP contribution in [0.5, 0.6) is 0 Å². The second kappa shape index (κ2) is 9.03. The normalized spacial score (nSPS) is 13.2. The van der Waals surface area contributed by atoms with E-state index in [1.807, 2.05) is 49.4 Å². The molecule has 3 N–H and O–H groups in total. The van der Waals surface area contributed by atoms with E-state index in [1.54, 1.807) is 4.90 Å². The third kappa shape index (κ3) is 4.84. The van der Waals surface area contributed by atoms with Crippen LogP contribution in [-0.4, -0.2) is 39.5 Å². The minimum absolute atomic E-state index is 0. The van der Waals surface area contributed by atoms with E-state index in [4.69, 9.17) is 0 Å². The Morgan fingerprint density at radius 3 is 2.31 bits per heavy atom. The SMILES string of the molecule is Cc1ccccc1.Cc1nc(CN2CNCC2=O)nc2ccccc12.O. The van der Waals surface area contributed by atoms with Gasteiger partial charge in [0.2, 0.25) is 5.91 Å². The summed E-state index contributed by atoms with van der Waals surface area (Å²) in [5.74, 6) is 0.799. The average molecular weight is 352 g/mol. The Hall–Kier alpha value is -2.83. The van der Waals surface area contributed by atoms with Crippen molar-refractivity contribution in [1.29, 1.82) is 0 Å². The molecule has 0 spiro atoms. The summed E-state index contributed by atoms with van der Waals surface area (Å²) in [4.78, 5) is 22.2. The van der Waals surface area contributed by atoms with Crippen LogP contribution in [0.25, 0.3) is 10.9 Å². The number of hydrogen-bond acceptors (Lipinski definition) is 4. The Labute approximate surface area is 153 Å². The fourth-order valence-electron chi connectivity index (χ4n) is 2.71. The van der Waals surface area contributed by atoms with Crippen molar-refractivity contribution in [3.05, 3.63) is 71.7 Å². The molecule has 2 heterocycles. The van der Waals surface area contributed by atoms with Crippen molar-refractivity contribution >= 4 is 16.8 Å². The number of para-hydroxylation sites is 1. The molecule has 1 amide bonds. The first-order valence-corrected chi connectivity index (χ1v) is 8.36. The zero-order valence-electron chi connectivity index (χ0n) is 15.1. The summed E-state index contributed by atoms with van der Waals surface area (Å²) in [6.45, 7) is 5.51. The second-order valence-corrected chi connectivity index (χ2v) is 6.07. The van der Waals surface area contributed by atoms with Crippen LogP contribution < -0.4 is 5.32 Å². The molecule has 0 aliphatic carbocycles. The highest BCUT2D eigenvalue weighted by atomic mass is 16.2. The summed E-state index contributed by atoms with van der Waals surface area (Å²) in [6.07, 6.45) is 0. The Morgan fingerprint density at radius 2 is 1.69 bits per heavy atom. The molecule has 6 heteroatoms. The molecule has 26 heavy (non-hydrogen) atoms. The number of aryl methyl sites for hydroxylation is 2. The van der Waals surface area contributed by atoms with Crippen LogP contribution in [0.1, 0.15) is 17.1 Å². The number of nitrogens with zero attached hydrogens (tertiary/aromatic N) is 3. The van der Waals surface area contributed by atoms with Crippen molar-refractivity contribution in [2.24, 2.45) is 0 Å². The minimum Gasteiger partial charge on any atom is -0.412 e. The molecule has 6 nitrogen and oxygen atoms in total. The zero-order chi connectivity index (χ0) is 17.6. The number of rotatable bonds is 2. The summed E-state index contributed by atoms with van der Waals surface area (Å²) in [6, 6.07) is 18.2. The molecule has 0 unspecified atom stereocenters. The quantitative estimate of drug-likeness (QED) is 0.764. The van der Waals surface area contributed by atoms with E-state index in [0.29, 0.717) is 25.6 Å². The van der Waals surface area contributed by atoms with Crippen LogP contribution in [0.2, 0.25) is 0 Å². The van der Waals surface area contributed by atoms with Gasteiger partial charge in [0, 0.05) is 11.1 Å². The summed E-state index contributed by atoms with van der Waals surface area (Å²) < 4.78 is 0. The van der Waals surface area contributed by atoms with E-state index in [0.717, 1.165) is 16.6 Å². The highest BCUT2D eigenvalue weighted by molar-refractivity contribution is 5.81. The molecule has 0 saturated carbocycles. The van der Waals surface area contributed by atoms with Gasteiger partial charge in [0.25, 0.3) is 0 Å². The van der Waals surface area contributed by atoms with Crippen LogP contribution in [0.4, 0.5) is 0 Å². The monoisotopic (exact) mass is 352 g/mol. The van der Waals surface area contributed by atoms with E-state index < -0.39 is 0 Å². The smallest absolute Gasteiger partial charge is 0.238 e. The van der Waals surface area contributed by atoms with Crippen molar-refractivity contribution < 1.29 is 10.3 Å². The Bertz CT molecular complexity index is 868. The predicted octanol–water partition coefficient (Wildman–Crippen LogP) is 2.00. The number of hydrogen-bond donors (Lipinski definition) is 1. The summed E-state index contributed by atoms with van der Waals surface area (Å²) >= 11 is 0. The van der Waals surface area contributed by atoms with Gasteiger partial charge < -0.3 is 10.4 Å². The molecule has 0 bridgehead atoms. The largest absolute Gasteiger partial charge is 0.412 e. The molecule has 1 aromatic heterocycles. The number of aromatic nitrogens is 2. The van der Waals surface area contributed by atoms with Crippen LogP contribution in [0, 0.1) is 13.8 Å². The number of carbonyl (C=O) groups is 1. The van der Waals surface area contributed by atoms with Gasteiger partial charge in [-0.2, -0.15) is 0 Å². The van der Waals surface area contributed by atoms with Gasteiger partial charge in [0.15, 0.2) is 0 Å². The summed E-state index contributed by atoms with van der Waals surface area (Å²) in [5.41, 5.74) is 3.21. The summed E-state index contributed by atoms with van der Waals surface area (Å²) in [7, 11) is 0. The maximum absolute atomic E-state index is 11.5. The number of amides is 1. The van der Waals surface area contributed by atoms with Crippen LogP contribution in [0.3, 0.4) is 0 Å². The lowest BCUT2D eigenvalue weighted by molar-refractivity contribution is -0.127. The molecular formula is C20H24N4O2. The summed E-state index contributed by atoms with van der Waals surface area (Å²) in [5, 5.41) is 4.08. The first-order chi connectivity index (χ1) is 12.1. The maximum Gasteiger partial charge on any atom is 0.238 e. The predicted molar refractivity (Wildman–Crippen MR) is 102 cm³/mol.